The van der Waals surface area contributed by atoms with Crippen LogP contribution in [0.1, 0.15) is 62.6 Å². The van der Waals surface area contributed by atoms with Crippen LogP contribution in [0.3, 0.4) is 0 Å². The van der Waals surface area contributed by atoms with E-state index in [0.717, 1.165) is 24.5 Å². The van der Waals surface area contributed by atoms with E-state index in [9.17, 15) is 4.79 Å². The van der Waals surface area contributed by atoms with Crippen LogP contribution in [-0.4, -0.2) is 29.5 Å². The molecule has 2 aliphatic rings. The lowest BCUT2D eigenvalue weighted by atomic mass is 9.85. The van der Waals surface area contributed by atoms with E-state index in [1.807, 2.05) is 0 Å². The van der Waals surface area contributed by atoms with Gasteiger partial charge in [-0.25, -0.2) is 4.98 Å². The van der Waals surface area contributed by atoms with Gasteiger partial charge in [0.2, 0.25) is 5.91 Å². The molecule has 1 saturated heterocycles. The van der Waals surface area contributed by atoms with Crippen LogP contribution in [0.5, 0.6) is 0 Å². The predicted octanol–water partition coefficient (Wildman–Crippen LogP) is 3.69. The lowest BCUT2D eigenvalue weighted by Gasteiger charge is -2.24. The van der Waals surface area contributed by atoms with Crippen LogP contribution in [0.2, 0.25) is 0 Å². The molecule has 3 unspecified atom stereocenters. The van der Waals surface area contributed by atoms with Crippen molar-refractivity contribution in [1.29, 1.82) is 0 Å². The summed E-state index contributed by atoms with van der Waals surface area (Å²) in [7, 11) is 0. The Balaban J connectivity index is 0.00000144. The quantitative estimate of drug-likeness (QED) is 0.801. The first-order chi connectivity index (χ1) is 10.6. The van der Waals surface area contributed by atoms with Crippen molar-refractivity contribution in [2.75, 3.05) is 6.54 Å². The lowest BCUT2D eigenvalue weighted by molar-refractivity contribution is -0.122. The average Bonchev–Trinajstić information content (AvgIpc) is 3.13. The van der Waals surface area contributed by atoms with Gasteiger partial charge in [-0.3, -0.25) is 4.79 Å². The highest BCUT2D eigenvalue weighted by Gasteiger charge is 2.37. The van der Waals surface area contributed by atoms with Crippen molar-refractivity contribution in [3.63, 3.8) is 0 Å². The molecule has 3 rings (SSSR count). The standard InChI is InChI=1S/C17H27N3OS.2ClH/c1-11(2)17-19-13(10-22-17)7-8-18-16(21)15-9-12-5-3-4-6-14(12)20-15;;/h10-12,14-15,20H,3-9H2,1-2H3,(H,18,21);2*1H. The van der Waals surface area contributed by atoms with Crippen molar-refractivity contribution in [2.24, 2.45) is 5.92 Å². The summed E-state index contributed by atoms with van der Waals surface area (Å²) in [6, 6.07) is 0.603. The number of carbonyl (C=O) groups excluding carboxylic acids is 1. The second-order valence-corrected chi connectivity index (χ2v) is 7.87. The first-order valence-electron chi connectivity index (χ1n) is 8.61. The summed E-state index contributed by atoms with van der Waals surface area (Å²) in [5, 5.41) is 9.92. The van der Waals surface area contributed by atoms with Gasteiger partial charge in [0.15, 0.2) is 0 Å². The second-order valence-electron chi connectivity index (χ2n) is 6.98. The van der Waals surface area contributed by atoms with Gasteiger partial charge >= 0.3 is 0 Å². The van der Waals surface area contributed by atoms with E-state index < -0.39 is 0 Å². The Bertz CT molecular complexity index is 510. The first kappa shape index (κ1) is 21.7. The Morgan fingerprint density at radius 3 is 2.79 bits per heavy atom. The third-order valence-electron chi connectivity index (χ3n) is 4.92. The van der Waals surface area contributed by atoms with Gasteiger partial charge in [-0.15, -0.1) is 36.2 Å². The number of hydrogen-bond donors (Lipinski definition) is 2. The molecule has 1 aromatic heterocycles. The molecule has 2 N–H and O–H groups in total. The van der Waals surface area contributed by atoms with Crippen LogP contribution in [0.15, 0.2) is 5.38 Å². The average molecular weight is 394 g/mol. The van der Waals surface area contributed by atoms with E-state index in [-0.39, 0.29) is 36.8 Å². The van der Waals surface area contributed by atoms with Crippen LogP contribution in [-0.2, 0) is 11.2 Å². The van der Waals surface area contributed by atoms with Gasteiger partial charge in [0.05, 0.1) is 16.7 Å². The van der Waals surface area contributed by atoms with Crippen molar-refractivity contribution in [1.82, 2.24) is 15.6 Å². The van der Waals surface area contributed by atoms with Crippen molar-refractivity contribution in [2.45, 2.75) is 70.4 Å². The van der Waals surface area contributed by atoms with Crippen LogP contribution >= 0.6 is 36.2 Å². The first-order valence-corrected chi connectivity index (χ1v) is 9.49. The van der Waals surface area contributed by atoms with Gasteiger partial charge in [-0.05, 0) is 25.2 Å². The van der Waals surface area contributed by atoms with E-state index in [1.165, 1.54) is 30.7 Å². The molecule has 1 amide bonds. The van der Waals surface area contributed by atoms with E-state index in [1.54, 1.807) is 11.3 Å². The number of nitrogens with one attached hydrogen (secondary N) is 2. The Morgan fingerprint density at radius 1 is 1.38 bits per heavy atom. The Kier molecular flexibility index (Phi) is 8.99. The number of hydrogen-bond acceptors (Lipinski definition) is 4. The summed E-state index contributed by atoms with van der Waals surface area (Å²) >= 11 is 1.72. The lowest BCUT2D eigenvalue weighted by Crippen LogP contribution is -2.43. The molecule has 0 aromatic carbocycles. The summed E-state index contributed by atoms with van der Waals surface area (Å²) in [4.78, 5) is 16.9. The molecule has 4 nitrogen and oxygen atoms in total. The highest BCUT2D eigenvalue weighted by atomic mass is 35.5. The zero-order valence-corrected chi connectivity index (χ0v) is 16.9. The third kappa shape index (κ3) is 5.32. The Hall–Kier alpha value is -0.360. The molecular formula is C17H29Cl2N3OS. The minimum atomic E-state index is 0. The number of carbonyl (C=O) groups is 1. The topological polar surface area (TPSA) is 54.0 Å². The van der Waals surface area contributed by atoms with Crippen LogP contribution in [0, 0.1) is 5.92 Å². The van der Waals surface area contributed by atoms with Crippen molar-refractivity contribution >= 4 is 42.1 Å². The van der Waals surface area contributed by atoms with Crippen LogP contribution < -0.4 is 10.6 Å². The molecule has 0 spiro atoms. The summed E-state index contributed by atoms with van der Waals surface area (Å²) < 4.78 is 0. The fourth-order valence-electron chi connectivity index (χ4n) is 3.66. The van der Waals surface area contributed by atoms with Gasteiger partial charge in [0.25, 0.3) is 0 Å². The summed E-state index contributed by atoms with van der Waals surface area (Å²) in [5.74, 6) is 1.38. The predicted molar refractivity (Wildman–Crippen MR) is 105 cm³/mol. The van der Waals surface area contributed by atoms with Gasteiger partial charge in [-0.1, -0.05) is 26.7 Å². The molecule has 3 atom stereocenters. The van der Waals surface area contributed by atoms with Crippen LogP contribution in [0.4, 0.5) is 0 Å². The molecule has 1 aliphatic carbocycles. The molecular weight excluding hydrogens is 365 g/mol. The van der Waals surface area contributed by atoms with Crippen molar-refractivity contribution < 1.29 is 4.79 Å². The Labute approximate surface area is 161 Å². The summed E-state index contributed by atoms with van der Waals surface area (Å²) in [6.07, 6.45) is 7.02. The molecule has 1 aromatic rings. The SMILES string of the molecule is CC(C)c1nc(CCNC(=O)C2CC3CCCCC3N2)cs1.Cl.Cl. The van der Waals surface area contributed by atoms with Crippen molar-refractivity contribution in [3.05, 3.63) is 16.1 Å². The number of nitrogens with zero attached hydrogens (tertiary/aromatic N) is 1. The summed E-state index contributed by atoms with van der Waals surface area (Å²) in [5.41, 5.74) is 1.10. The fourth-order valence-corrected chi connectivity index (χ4v) is 4.53. The second kappa shape index (κ2) is 9.95. The van der Waals surface area contributed by atoms with Crippen molar-refractivity contribution in [3.8, 4) is 0 Å². The molecule has 1 saturated carbocycles. The highest BCUT2D eigenvalue weighted by molar-refractivity contribution is 7.09. The molecule has 2 fully saturated rings. The normalized spacial score (nSPS) is 25.5. The number of fused-ring (bicyclic) bond motifs is 1. The number of amides is 1. The smallest absolute Gasteiger partial charge is 0.237 e. The van der Waals surface area contributed by atoms with E-state index in [4.69, 9.17) is 0 Å². The van der Waals surface area contributed by atoms with E-state index in [2.05, 4.69) is 34.8 Å². The van der Waals surface area contributed by atoms with Gasteiger partial charge in [-0.2, -0.15) is 0 Å². The maximum Gasteiger partial charge on any atom is 0.237 e. The monoisotopic (exact) mass is 393 g/mol. The number of halogens is 2. The third-order valence-corrected chi connectivity index (χ3v) is 6.12. The number of rotatable bonds is 5. The van der Waals surface area contributed by atoms with E-state index in [0.29, 0.717) is 18.5 Å². The molecule has 24 heavy (non-hydrogen) atoms. The largest absolute Gasteiger partial charge is 0.354 e. The number of aromatic nitrogens is 1. The van der Waals surface area contributed by atoms with Gasteiger partial charge in [0.1, 0.15) is 0 Å². The summed E-state index contributed by atoms with van der Waals surface area (Å²) in [6.45, 7) is 5.01. The maximum absolute atomic E-state index is 12.3. The van der Waals surface area contributed by atoms with E-state index >= 15 is 0 Å². The maximum atomic E-state index is 12.3. The minimum absolute atomic E-state index is 0. The highest BCUT2D eigenvalue weighted by Crippen LogP contribution is 2.33. The fraction of sp³-hybridized carbons (Fsp3) is 0.765. The minimum Gasteiger partial charge on any atom is -0.354 e. The zero-order valence-electron chi connectivity index (χ0n) is 14.4. The number of thiazole rings is 1. The molecule has 0 radical (unpaired) electrons. The zero-order chi connectivity index (χ0) is 15.5. The van der Waals surface area contributed by atoms with Gasteiger partial charge < -0.3 is 10.6 Å². The molecule has 0 bridgehead atoms. The Morgan fingerprint density at radius 2 is 2.12 bits per heavy atom. The molecule has 7 heteroatoms. The van der Waals surface area contributed by atoms with Crippen LogP contribution in [0.25, 0.3) is 0 Å². The van der Waals surface area contributed by atoms with Gasteiger partial charge in [0, 0.05) is 30.3 Å². The molecule has 138 valence electrons. The molecule has 1 aliphatic heterocycles. The molecule has 2 heterocycles.